The predicted octanol–water partition coefficient (Wildman–Crippen LogP) is 2.56. The predicted molar refractivity (Wildman–Crippen MR) is 77.2 cm³/mol. The number of nitrogens with one attached hydrogen (secondary N) is 2. The lowest BCUT2D eigenvalue weighted by Gasteiger charge is -2.27. The molecule has 0 spiro atoms. The molecule has 0 amide bonds. The molecule has 2 rings (SSSR count). The second-order valence-corrected chi connectivity index (χ2v) is 5.54. The van der Waals surface area contributed by atoms with Crippen LogP contribution in [-0.2, 0) is 6.54 Å². The third-order valence-corrected chi connectivity index (χ3v) is 4.12. The molecule has 2 unspecified atom stereocenters. The van der Waals surface area contributed by atoms with E-state index in [1.54, 1.807) is 6.07 Å². The summed E-state index contributed by atoms with van der Waals surface area (Å²) < 4.78 is 0. The highest BCUT2D eigenvalue weighted by atomic mass is 16.1. The Balaban J connectivity index is 2.14. The molecule has 1 fully saturated rings. The Hall–Kier alpha value is -1.16. The third kappa shape index (κ3) is 3.90. The van der Waals surface area contributed by atoms with Crippen molar-refractivity contribution in [3.05, 3.63) is 27.9 Å². The standard InChI is InChI=1S/C15H25N3O/c1-3-11-6-5-7-12(8-11)15-17-13(10-16-4-2)9-14(19)18-15/h9,11-12,16H,3-8,10H2,1-2H3,(H,17,18,19). The first-order valence-corrected chi connectivity index (χ1v) is 7.53. The molecule has 0 saturated heterocycles. The van der Waals surface area contributed by atoms with Crippen molar-refractivity contribution < 1.29 is 0 Å². The van der Waals surface area contributed by atoms with Gasteiger partial charge in [0.1, 0.15) is 5.82 Å². The van der Waals surface area contributed by atoms with E-state index in [0.717, 1.165) is 30.4 Å². The summed E-state index contributed by atoms with van der Waals surface area (Å²) in [5.41, 5.74) is 0.843. The summed E-state index contributed by atoms with van der Waals surface area (Å²) in [5, 5.41) is 3.23. The molecule has 0 radical (unpaired) electrons. The zero-order valence-corrected chi connectivity index (χ0v) is 12.0. The first-order chi connectivity index (χ1) is 9.22. The van der Waals surface area contributed by atoms with Gasteiger partial charge < -0.3 is 10.3 Å². The van der Waals surface area contributed by atoms with Crippen LogP contribution in [0.15, 0.2) is 10.9 Å². The van der Waals surface area contributed by atoms with Gasteiger partial charge in [-0.05, 0) is 25.3 Å². The van der Waals surface area contributed by atoms with E-state index in [1.165, 1.54) is 25.7 Å². The monoisotopic (exact) mass is 263 g/mol. The number of hydrogen-bond acceptors (Lipinski definition) is 3. The number of rotatable bonds is 5. The minimum absolute atomic E-state index is 0.0171. The van der Waals surface area contributed by atoms with Crippen LogP contribution in [0.25, 0.3) is 0 Å². The molecule has 1 aliphatic rings. The average Bonchev–Trinajstić information content (AvgIpc) is 2.44. The number of H-pyrrole nitrogens is 1. The lowest BCUT2D eigenvalue weighted by molar-refractivity contribution is 0.306. The summed E-state index contributed by atoms with van der Waals surface area (Å²) >= 11 is 0. The molecule has 4 nitrogen and oxygen atoms in total. The van der Waals surface area contributed by atoms with Crippen LogP contribution in [0.1, 0.15) is 63.4 Å². The summed E-state index contributed by atoms with van der Waals surface area (Å²) in [6.07, 6.45) is 6.14. The van der Waals surface area contributed by atoms with E-state index in [0.29, 0.717) is 12.5 Å². The smallest absolute Gasteiger partial charge is 0.251 e. The van der Waals surface area contributed by atoms with E-state index in [2.05, 4.69) is 29.1 Å². The lowest BCUT2D eigenvalue weighted by Crippen LogP contribution is -2.22. The van der Waals surface area contributed by atoms with Crippen LogP contribution in [0.5, 0.6) is 0 Å². The van der Waals surface area contributed by atoms with Gasteiger partial charge in [0.05, 0.1) is 5.69 Å². The molecule has 1 aromatic heterocycles. The fourth-order valence-corrected chi connectivity index (χ4v) is 2.98. The fourth-order valence-electron chi connectivity index (χ4n) is 2.98. The van der Waals surface area contributed by atoms with Crippen molar-refractivity contribution in [3.8, 4) is 0 Å². The molecular weight excluding hydrogens is 238 g/mol. The maximum absolute atomic E-state index is 11.7. The third-order valence-electron chi connectivity index (χ3n) is 4.12. The lowest BCUT2D eigenvalue weighted by atomic mass is 9.80. The van der Waals surface area contributed by atoms with Crippen molar-refractivity contribution >= 4 is 0 Å². The van der Waals surface area contributed by atoms with Crippen molar-refractivity contribution in [2.24, 2.45) is 5.92 Å². The zero-order valence-electron chi connectivity index (χ0n) is 12.0. The maximum Gasteiger partial charge on any atom is 0.251 e. The van der Waals surface area contributed by atoms with Crippen LogP contribution in [0.3, 0.4) is 0 Å². The molecule has 4 heteroatoms. The van der Waals surface area contributed by atoms with Gasteiger partial charge in [-0.25, -0.2) is 4.98 Å². The molecule has 2 N–H and O–H groups in total. The molecule has 19 heavy (non-hydrogen) atoms. The van der Waals surface area contributed by atoms with Gasteiger partial charge >= 0.3 is 0 Å². The number of nitrogens with zero attached hydrogens (tertiary/aromatic N) is 1. The van der Waals surface area contributed by atoms with E-state index >= 15 is 0 Å². The first-order valence-electron chi connectivity index (χ1n) is 7.53. The molecule has 1 heterocycles. The van der Waals surface area contributed by atoms with Crippen LogP contribution in [0.4, 0.5) is 0 Å². The molecule has 1 aliphatic carbocycles. The maximum atomic E-state index is 11.7. The van der Waals surface area contributed by atoms with E-state index in [9.17, 15) is 4.79 Å². The molecule has 0 aliphatic heterocycles. The minimum Gasteiger partial charge on any atom is -0.311 e. The first kappa shape index (κ1) is 14.3. The van der Waals surface area contributed by atoms with E-state index in [1.807, 2.05) is 0 Å². The SMILES string of the molecule is CCNCc1cc(=O)[nH]c(C2CCCC(CC)C2)n1. The number of hydrogen-bond donors (Lipinski definition) is 2. The molecule has 1 saturated carbocycles. The number of aromatic nitrogens is 2. The zero-order chi connectivity index (χ0) is 13.7. The second kappa shape index (κ2) is 6.85. The van der Waals surface area contributed by atoms with E-state index in [4.69, 9.17) is 0 Å². The van der Waals surface area contributed by atoms with Gasteiger partial charge in [0.25, 0.3) is 5.56 Å². The highest BCUT2D eigenvalue weighted by molar-refractivity contribution is 5.07. The summed E-state index contributed by atoms with van der Waals surface area (Å²) in [6.45, 7) is 5.88. The van der Waals surface area contributed by atoms with Gasteiger partial charge in [-0.15, -0.1) is 0 Å². The van der Waals surface area contributed by atoms with Gasteiger partial charge in [0.2, 0.25) is 0 Å². The summed E-state index contributed by atoms with van der Waals surface area (Å²) in [4.78, 5) is 19.3. The molecule has 0 aromatic carbocycles. The van der Waals surface area contributed by atoms with Gasteiger partial charge in [0, 0.05) is 18.5 Å². The Morgan fingerprint density at radius 3 is 3.00 bits per heavy atom. The quantitative estimate of drug-likeness (QED) is 0.858. The largest absolute Gasteiger partial charge is 0.311 e. The molecule has 106 valence electrons. The second-order valence-electron chi connectivity index (χ2n) is 5.54. The molecule has 1 aromatic rings. The molecule has 0 bridgehead atoms. The van der Waals surface area contributed by atoms with Gasteiger partial charge in [-0.1, -0.05) is 33.1 Å². The summed E-state index contributed by atoms with van der Waals surface area (Å²) in [7, 11) is 0. The highest BCUT2D eigenvalue weighted by Gasteiger charge is 2.24. The normalized spacial score (nSPS) is 23.5. The Labute approximate surface area is 115 Å². The van der Waals surface area contributed by atoms with Gasteiger partial charge in [-0.2, -0.15) is 0 Å². The molecular formula is C15H25N3O. The summed E-state index contributed by atoms with van der Waals surface area (Å²) in [6, 6.07) is 1.60. The Morgan fingerprint density at radius 1 is 1.42 bits per heavy atom. The minimum atomic E-state index is -0.0171. The topological polar surface area (TPSA) is 57.8 Å². The van der Waals surface area contributed by atoms with Crippen molar-refractivity contribution in [1.29, 1.82) is 0 Å². The highest BCUT2D eigenvalue weighted by Crippen LogP contribution is 2.35. The number of aromatic amines is 1. The van der Waals surface area contributed by atoms with E-state index < -0.39 is 0 Å². The molecule has 2 atom stereocenters. The van der Waals surface area contributed by atoms with Crippen LogP contribution in [-0.4, -0.2) is 16.5 Å². The van der Waals surface area contributed by atoms with Crippen molar-refractivity contribution in [3.63, 3.8) is 0 Å². The summed E-state index contributed by atoms with van der Waals surface area (Å²) in [5.74, 6) is 2.13. The van der Waals surface area contributed by atoms with Crippen molar-refractivity contribution in [2.45, 2.75) is 58.4 Å². The van der Waals surface area contributed by atoms with Crippen LogP contribution in [0.2, 0.25) is 0 Å². The fraction of sp³-hybridized carbons (Fsp3) is 0.733. The Kier molecular flexibility index (Phi) is 5.14. The van der Waals surface area contributed by atoms with Gasteiger partial charge in [0.15, 0.2) is 0 Å². The van der Waals surface area contributed by atoms with Gasteiger partial charge in [-0.3, -0.25) is 4.79 Å². The van der Waals surface area contributed by atoms with Crippen LogP contribution >= 0.6 is 0 Å². The van der Waals surface area contributed by atoms with Crippen molar-refractivity contribution in [1.82, 2.24) is 15.3 Å². The van der Waals surface area contributed by atoms with Crippen LogP contribution in [0, 0.1) is 5.92 Å². The van der Waals surface area contributed by atoms with E-state index in [-0.39, 0.29) is 5.56 Å². The average molecular weight is 263 g/mol. The van der Waals surface area contributed by atoms with Crippen LogP contribution < -0.4 is 10.9 Å². The Bertz CT molecular complexity index is 455. The van der Waals surface area contributed by atoms with Crippen molar-refractivity contribution in [2.75, 3.05) is 6.54 Å². The Morgan fingerprint density at radius 2 is 2.26 bits per heavy atom.